The van der Waals surface area contributed by atoms with Crippen LogP contribution in [0, 0.1) is 5.92 Å². The molecule has 3 aromatic rings. The van der Waals surface area contributed by atoms with Crippen LogP contribution in [0.5, 0.6) is 0 Å². The van der Waals surface area contributed by atoms with E-state index in [1.807, 2.05) is 24.3 Å². The van der Waals surface area contributed by atoms with Gasteiger partial charge in [-0.2, -0.15) is 4.52 Å². The second-order valence-corrected chi connectivity index (χ2v) is 7.12. The van der Waals surface area contributed by atoms with Gasteiger partial charge in [-0.15, -0.1) is 15.3 Å². The molecule has 0 unspecified atom stereocenters. The molecule has 1 atom stereocenters. The minimum atomic E-state index is -0.418. The van der Waals surface area contributed by atoms with Gasteiger partial charge in [0.05, 0.1) is 11.6 Å². The number of aromatic nitrogens is 4. The summed E-state index contributed by atoms with van der Waals surface area (Å²) in [5.74, 6) is -0.706. The Labute approximate surface area is 148 Å². The molecule has 1 N–H and O–H groups in total. The van der Waals surface area contributed by atoms with Gasteiger partial charge in [-0.3, -0.25) is 9.59 Å². The lowest BCUT2D eigenvalue weighted by Crippen LogP contribution is -2.28. The SMILES string of the molecule is O=C(Nc1nn2cnnc2s1)[C@H]1CC(=O)N(c2ccccc2Br)C1. The molecule has 10 heteroatoms. The maximum absolute atomic E-state index is 12.4. The zero-order valence-electron chi connectivity index (χ0n) is 12.2. The van der Waals surface area contributed by atoms with Gasteiger partial charge >= 0.3 is 0 Å². The average Bonchev–Trinajstić information content (AvgIpc) is 3.22. The first-order chi connectivity index (χ1) is 11.6. The van der Waals surface area contributed by atoms with Crippen molar-refractivity contribution in [2.45, 2.75) is 6.42 Å². The van der Waals surface area contributed by atoms with Crippen LogP contribution in [0.4, 0.5) is 10.8 Å². The fourth-order valence-electron chi connectivity index (χ4n) is 2.60. The summed E-state index contributed by atoms with van der Waals surface area (Å²) in [6, 6.07) is 7.46. The summed E-state index contributed by atoms with van der Waals surface area (Å²) >= 11 is 4.67. The highest BCUT2D eigenvalue weighted by Crippen LogP contribution is 2.31. The molecule has 1 fully saturated rings. The highest BCUT2D eigenvalue weighted by atomic mass is 79.9. The fourth-order valence-corrected chi connectivity index (χ4v) is 3.83. The topological polar surface area (TPSA) is 92.5 Å². The van der Waals surface area contributed by atoms with E-state index in [0.29, 0.717) is 16.6 Å². The van der Waals surface area contributed by atoms with Crippen LogP contribution in [-0.4, -0.2) is 38.2 Å². The van der Waals surface area contributed by atoms with Gasteiger partial charge in [0.1, 0.15) is 6.33 Å². The summed E-state index contributed by atoms with van der Waals surface area (Å²) in [5.41, 5.74) is 0.775. The van der Waals surface area contributed by atoms with Crippen LogP contribution in [0.1, 0.15) is 6.42 Å². The Morgan fingerprint density at radius 3 is 3.00 bits per heavy atom. The quantitative estimate of drug-likeness (QED) is 0.717. The van der Waals surface area contributed by atoms with Gasteiger partial charge in [0.25, 0.3) is 0 Å². The molecule has 0 saturated carbocycles. The van der Waals surface area contributed by atoms with E-state index in [0.717, 1.165) is 10.2 Å². The number of benzene rings is 1. The van der Waals surface area contributed by atoms with E-state index in [2.05, 4.69) is 36.5 Å². The number of para-hydroxylation sites is 1. The average molecular weight is 407 g/mol. The van der Waals surface area contributed by atoms with Crippen molar-refractivity contribution in [3.63, 3.8) is 0 Å². The molecule has 0 spiro atoms. The minimum Gasteiger partial charge on any atom is -0.310 e. The summed E-state index contributed by atoms with van der Waals surface area (Å²) in [7, 11) is 0. The summed E-state index contributed by atoms with van der Waals surface area (Å²) in [6.07, 6.45) is 1.65. The number of anilines is 2. The zero-order chi connectivity index (χ0) is 16.7. The number of carbonyl (C=O) groups is 2. The lowest BCUT2D eigenvalue weighted by atomic mass is 10.1. The van der Waals surface area contributed by atoms with E-state index in [9.17, 15) is 9.59 Å². The molecule has 1 aromatic carbocycles. The Hall–Kier alpha value is -2.33. The number of carbonyl (C=O) groups excluding carboxylic acids is 2. The molecule has 1 aliphatic rings. The summed E-state index contributed by atoms with van der Waals surface area (Å²) in [5, 5.41) is 14.9. The second-order valence-electron chi connectivity index (χ2n) is 5.31. The van der Waals surface area contributed by atoms with Crippen LogP contribution in [0.2, 0.25) is 0 Å². The van der Waals surface area contributed by atoms with Crippen molar-refractivity contribution in [1.82, 2.24) is 19.8 Å². The van der Waals surface area contributed by atoms with Gasteiger partial charge in [-0.25, -0.2) is 0 Å². The summed E-state index contributed by atoms with van der Waals surface area (Å²) in [4.78, 5) is 27.0. The standard InChI is InChI=1S/C14H11BrN6O2S/c15-9-3-1-2-4-10(9)20-6-8(5-11(20)22)12(23)17-13-19-21-7-16-18-14(21)24-13/h1-4,7-8H,5-6H2,(H,17,19,23)/t8-/m0/s1. The molecule has 1 aliphatic heterocycles. The van der Waals surface area contributed by atoms with Crippen molar-refractivity contribution >= 4 is 54.9 Å². The Balaban J connectivity index is 1.49. The van der Waals surface area contributed by atoms with Gasteiger partial charge < -0.3 is 10.2 Å². The molecule has 3 heterocycles. The molecular weight excluding hydrogens is 396 g/mol. The third kappa shape index (κ3) is 2.67. The van der Waals surface area contributed by atoms with E-state index in [1.54, 1.807) is 4.90 Å². The molecule has 122 valence electrons. The van der Waals surface area contributed by atoms with Gasteiger partial charge in [-0.05, 0) is 28.1 Å². The van der Waals surface area contributed by atoms with E-state index in [4.69, 9.17) is 0 Å². The molecule has 2 amide bonds. The number of hydrogen-bond donors (Lipinski definition) is 1. The van der Waals surface area contributed by atoms with Crippen molar-refractivity contribution in [1.29, 1.82) is 0 Å². The Kier molecular flexibility index (Phi) is 3.77. The van der Waals surface area contributed by atoms with E-state index >= 15 is 0 Å². The molecule has 24 heavy (non-hydrogen) atoms. The highest BCUT2D eigenvalue weighted by Gasteiger charge is 2.36. The van der Waals surface area contributed by atoms with Crippen molar-refractivity contribution in [2.75, 3.05) is 16.8 Å². The largest absolute Gasteiger partial charge is 0.310 e. The number of hydrogen-bond acceptors (Lipinski definition) is 6. The Bertz CT molecular complexity index is 910. The number of amides is 2. The maximum atomic E-state index is 12.4. The predicted octanol–water partition coefficient (Wildman–Crippen LogP) is 1.94. The summed E-state index contributed by atoms with van der Waals surface area (Å²) in [6.45, 7) is 0.345. The Morgan fingerprint density at radius 1 is 1.38 bits per heavy atom. The predicted molar refractivity (Wildman–Crippen MR) is 91.9 cm³/mol. The molecule has 1 saturated heterocycles. The van der Waals surface area contributed by atoms with Crippen molar-refractivity contribution < 1.29 is 9.59 Å². The normalized spacial score (nSPS) is 17.6. The molecule has 2 aromatic heterocycles. The van der Waals surface area contributed by atoms with Crippen LogP contribution in [0.3, 0.4) is 0 Å². The second kappa shape index (κ2) is 5.95. The number of nitrogens with zero attached hydrogens (tertiary/aromatic N) is 5. The number of rotatable bonds is 3. The van der Waals surface area contributed by atoms with E-state index < -0.39 is 5.92 Å². The van der Waals surface area contributed by atoms with Crippen LogP contribution >= 0.6 is 27.3 Å². The monoisotopic (exact) mass is 406 g/mol. The highest BCUT2D eigenvalue weighted by molar-refractivity contribution is 9.10. The first-order valence-corrected chi connectivity index (χ1v) is 8.75. The number of fused-ring (bicyclic) bond motifs is 1. The molecule has 0 bridgehead atoms. The van der Waals surface area contributed by atoms with Gasteiger partial charge in [0, 0.05) is 17.4 Å². The first kappa shape index (κ1) is 15.2. The number of nitrogens with one attached hydrogen (secondary N) is 1. The van der Waals surface area contributed by atoms with Crippen LogP contribution in [-0.2, 0) is 9.59 Å². The van der Waals surface area contributed by atoms with Crippen LogP contribution in [0.15, 0.2) is 35.1 Å². The molecule has 4 rings (SSSR count). The van der Waals surface area contributed by atoms with Crippen molar-refractivity contribution in [3.05, 3.63) is 35.1 Å². The third-order valence-corrected chi connectivity index (χ3v) is 5.25. The first-order valence-electron chi connectivity index (χ1n) is 7.14. The molecular formula is C14H11BrN6O2S. The number of halogens is 1. The van der Waals surface area contributed by atoms with Crippen LogP contribution in [0.25, 0.3) is 4.96 Å². The van der Waals surface area contributed by atoms with Crippen molar-refractivity contribution in [3.8, 4) is 0 Å². The van der Waals surface area contributed by atoms with Crippen molar-refractivity contribution in [2.24, 2.45) is 5.92 Å². The smallest absolute Gasteiger partial charge is 0.236 e. The van der Waals surface area contributed by atoms with Crippen LogP contribution < -0.4 is 10.2 Å². The maximum Gasteiger partial charge on any atom is 0.236 e. The summed E-state index contributed by atoms with van der Waals surface area (Å²) < 4.78 is 2.32. The molecule has 0 radical (unpaired) electrons. The fraction of sp³-hybridized carbons (Fsp3) is 0.214. The van der Waals surface area contributed by atoms with Gasteiger partial charge in [0.15, 0.2) is 0 Å². The molecule has 8 nitrogen and oxygen atoms in total. The zero-order valence-corrected chi connectivity index (χ0v) is 14.6. The van der Waals surface area contributed by atoms with E-state index in [1.165, 1.54) is 22.2 Å². The van der Waals surface area contributed by atoms with Gasteiger partial charge in [-0.1, -0.05) is 23.5 Å². The third-order valence-electron chi connectivity index (χ3n) is 3.76. The lowest BCUT2D eigenvalue weighted by molar-refractivity contribution is -0.122. The minimum absolute atomic E-state index is 0.0693. The van der Waals surface area contributed by atoms with E-state index in [-0.39, 0.29) is 18.2 Å². The van der Waals surface area contributed by atoms with Gasteiger partial charge in [0.2, 0.25) is 21.9 Å². The lowest BCUT2D eigenvalue weighted by Gasteiger charge is -2.18. The Morgan fingerprint density at radius 2 is 2.21 bits per heavy atom. The molecule has 0 aliphatic carbocycles.